The van der Waals surface area contributed by atoms with Gasteiger partial charge in [-0.15, -0.1) is 0 Å². The smallest absolute Gasteiger partial charge is 0.389 e. The van der Waals surface area contributed by atoms with Crippen LogP contribution in [0.15, 0.2) is 18.2 Å². The van der Waals surface area contributed by atoms with E-state index < -0.39 is 11.7 Å². The van der Waals surface area contributed by atoms with Crippen LogP contribution in [0.4, 0.5) is 18.9 Å². The fourth-order valence-electron chi connectivity index (χ4n) is 1.70. The maximum absolute atomic E-state index is 12.7. The van der Waals surface area contributed by atoms with Crippen molar-refractivity contribution in [3.05, 3.63) is 29.3 Å². The minimum Gasteiger partial charge on any atom is -0.389 e. The highest BCUT2D eigenvalue weighted by Crippen LogP contribution is 2.31. The van der Waals surface area contributed by atoms with Gasteiger partial charge in [0.1, 0.15) is 4.99 Å². The maximum atomic E-state index is 12.7. The summed E-state index contributed by atoms with van der Waals surface area (Å²) in [6.45, 7) is 0.706. The lowest BCUT2D eigenvalue weighted by Crippen LogP contribution is -2.27. The van der Waals surface area contributed by atoms with Crippen LogP contribution >= 0.6 is 12.2 Å². The number of halogens is 3. The van der Waals surface area contributed by atoms with Gasteiger partial charge < -0.3 is 20.5 Å². The molecule has 0 aliphatic carbocycles. The van der Waals surface area contributed by atoms with E-state index in [1.54, 1.807) is 0 Å². The van der Waals surface area contributed by atoms with Gasteiger partial charge >= 0.3 is 6.18 Å². The van der Waals surface area contributed by atoms with E-state index in [0.29, 0.717) is 18.8 Å². The molecule has 8 heteroatoms. The van der Waals surface area contributed by atoms with Crippen molar-refractivity contribution in [1.82, 2.24) is 0 Å². The van der Waals surface area contributed by atoms with Gasteiger partial charge in [0.25, 0.3) is 0 Å². The van der Waals surface area contributed by atoms with Crippen LogP contribution in [-0.2, 0) is 15.7 Å². The van der Waals surface area contributed by atoms with Crippen molar-refractivity contribution in [2.24, 2.45) is 5.73 Å². The fraction of sp³-hybridized carbons (Fsp3) is 0.462. The highest BCUT2D eigenvalue weighted by Gasteiger charge is 2.31. The number of alkyl halides is 3. The summed E-state index contributed by atoms with van der Waals surface area (Å²) in [5.74, 6) is 0. The molecule has 1 atom stereocenters. The quantitative estimate of drug-likeness (QED) is 0.755. The molecule has 0 amide bonds. The highest BCUT2D eigenvalue weighted by molar-refractivity contribution is 7.80. The molecule has 0 radical (unpaired) electrons. The van der Waals surface area contributed by atoms with Crippen molar-refractivity contribution >= 4 is 22.9 Å². The van der Waals surface area contributed by atoms with Crippen LogP contribution in [0, 0.1) is 0 Å². The molecule has 0 fully saturated rings. The molecule has 3 N–H and O–H groups in total. The summed E-state index contributed by atoms with van der Waals surface area (Å²) in [7, 11) is 3.05. The lowest BCUT2D eigenvalue weighted by Gasteiger charge is -2.18. The Balaban J connectivity index is 2.94. The van der Waals surface area contributed by atoms with Crippen LogP contribution in [-0.4, -0.2) is 38.5 Å². The van der Waals surface area contributed by atoms with Gasteiger partial charge in [-0.2, -0.15) is 13.2 Å². The number of nitrogens with one attached hydrogen (secondary N) is 1. The van der Waals surface area contributed by atoms with E-state index in [0.717, 1.165) is 12.1 Å². The molecule has 0 aliphatic heterocycles. The van der Waals surface area contributed by atoms with Crippen LogP contribution in [0.1, 0.15) is 11.1 Å². The van der Waals surface area contributed by atoms with Crippen molar-refractivity contribution < 1.29 is 22.6 Å². The number of anilines is 1. The molecule has 118 valence electrons. The van der Waals surface area contributed by atoms with E-state index in [4.69, 9.17) is 27.4 Å². The number of hydrogen-bond donors (Lipinski definition) is 2. The SMILES string of the molecule is COCC(CNc1ccc(C(F)(F)F)cc1C(N)=S)OC. The van der Waals surface area contributed by atoms with Gasteiger partial charge in [0.2, 0.25) is 0 Å². The Bertz CT molecular complexity index is 495. The minimum atomic E-state index is -4.44. The van der Waals surface area contributed by atoms with Crippen LogP contribution in [0.3, 0.4) is 0 Å². The van der Waals surface area contributed by atoms with Gasteiger partial charge in [-0.1, -0.05) is 12.2 Å². The number of benzene rings is 1. The second-order valence-corrected chi connectivity index (χ2v) is 4.76. The van der Waals surface area contributed by atoms with Gasteiger partial charge in [-0.3, -0.25) is 0 Å². The monoisotopic (exact) mass is 322 g/mol. The summed E-state index contributed by atoms with van der Waals surface area (Å²) in [5, 5.41) is 2.97. The van der Waals surface area contributed by atoms with Crippen LogP contribution < -0.4 is 11.1 Å². The standard InChI is InChI=1S/C13H17F3N2O2S/c1-19-7-9(20-2)6-18-11-4-3-8(13(14,15)16)5-10(11)12(17)21/h3-5,9,18H,6-7H2,1-2H3,(H2,17,21). The third kappa shape index (κ3) is 5.14. The van der Waals surface area contributed by atoms with E-state index in [1.807, 2.05) is 0 Å². The lowest BCUT2D eigenvalue weighted by molar-refractivity contribution is -0.137. The molecule has 1 unspecified atom stereocenters. The first-order valence-corrected chi connectivity index (χ1v) is 6.47. The van der Waals surface area contributed by atoms with Crippen molar-refractivity contribution in [1.29, 1.82) is 0 Å². The Hall–Kier alpha value is -1.38. The van der Waals surface area contributed by atoms with Gasteiger partial charge in [-0.25, -0.2) is 0 Å². The number of methoxy groups -OCH3 is 2. The summed E-state index contributed by atoms with van der Waals surface area (Å²) < 4.78 is 48.2. The van der Waals surface area contributed by atoms with Gasteiger partial charge in [-0.05, 0) is 18.2 Å². The zero-order valence-electron chi connectivity index (χ0n) is 11.7. The molecule has 0 aromatic heterocycles. The fourth-order valence-corrected chi connectivity index (χ4v) is 1.87. The minimum absolute atomic E-state index is 0.107. The average Bonchev–Trinajstić information content (AvgIpc) is 2.42. The van der Waals surface area contributed by atoms with E-state index >= 15 is 0 Å². The van der Waals surface area contributed by atoms with Crippen molar-refractivity contribution in [3.63, 3.8) is 0 Å². The first kappa shape index (κ1) is 17.7. The largest absolute Gasteiger partial charge is 0.416 e. The molecule has 21 heavy (non-hydrogen) atoms. The zero-order chi connectivity index (χ0) is 16.0. The molecular weight excluding hydrogens is 305 g/mol. The molecule has 0 aliphatic rings. The average molecular weight is 322 g/mol. The third-order valence-electron chi connectivity index (χ3n) is 2.82. The van der Waals surface area contributed by atoms with Crippen molar-refractivity contribution in [3.8, 4) is 0 Å². The Kier molecular flexibility index (Phi) is 6.38. The summed E-state index contributed by atoms with van der Waals surface area (Å²) in [4.78, 5) is -0.107. The normalized spacial score (nSPS) is 13.0. The first-order valence-electron chi connectivity index (χ1n) is 6.06. The Morgan fingerprint density at radius 2 is 2.05 bits per heavy atom. The molecule has 0 heterocycles. The second kappa shape index (κ2) is 7.58. The van der Waals surface area contributed by atoms with E-state index in [-0.39, 0.29) is 16.7 Å². The first-order chi connectivity index (χ1) is 9.79. The Morgan fingerprint density at radius 1 is 1.38 bits per heavy atom. The van der Waals surface area contributed by atoms with Gasteiger partial charge in [0.05, 0.1) is 18.3 Å². The van der Waals surface area contributed by atoms with Crippen LogP contribution in [0.5, 0.6) is 0 Å². The molecule has 1 aromatic rings. The van der Waals surface area contributed by atoms with Crippen molar-refractivity contribution in [2.45, 2.75) is 12.3 Å². The van der Waals surface area contributed by atoms with Crippen molar-refractivity contribution in [2.75, 3.05) is 32.7 Å². The number of hydrogen-bond acceptors (Lipinski definition) is 4. The summed E-state index contributed by atoms with van der Waals surface area (Å²) >= 11 is 4.81. The third-order valence-corrected chi connectivity index (χ3v) is 3.04. The van der Waals surface area contributed by atoms with Crippen LogP contribution in [0.2, 0.25) is 0 Å². The molecule has 0 spiro atoms. The highest BCUT2D eigenvalue weighted by atomic mass is 32.1. The predicted octanol–water partition coefficient (Wildman–Crippen LogP) is 2.41. The van der Waals surface area contributed by atoms with E-state index in [2.05, 4.69) is 5.32 Å². The molecule has 0 saturated heterocycles. The lowest BCUT2D eigenvalue weighted by atomic mass is 10.1. The van der Waals surface area contributed by atoms with Gasteiger partial charge in [0.15, 0.2) is 0 Å². The topological polar surface area (TPSA) is 56.5 Å². The van der Waals surface area contributed by atoms with Gasteiger partial charge in [0, 0.05) is 32.0 Å². The Morgan fingerprint density at radius 3 is 2.52 bits per heavy atom. The molecular formula is C13H17F3N2O2S. The maximum Gasteiger partial charge on any atom is 0.416 e. The number of ether oxygens (including phenoxy) is 2. The number of rotatable bonds is 7. The summed E-state index contributed by atoms with van der Waals surface area (Å²) in [6.07, 6.45) is -4.68. The van der Waals surface area contributed by atoms with E-state index in [1.165, 1.54) is 20.3 Å². The number of nitrogens with two attached hydrogens (primary N) is 1. The summed E-state index contributed by atoms with van der Waals surface area (Å²) in [6, 6.07) is 3.21. The van der Waals surface area contributed by atoms with E-state index in [9.17, 15) is 13.2 Å². The molecule has 1 rings (SSSR count). The zero-order valence-corrected chi connectivity index (χ0v) is 12.5. The second-order valence-electron chi connectivity index (χ2n) is 4.32. The molecule has 0 saturated carbocycles. The molecule has 4 nitrogen and oxygen atoms in total. The van der Waals surface area contributed by atoms with Crippen LogP contribution in [0.25, 0.3) is 0 Å². The molecule has 1 aromatic carbocycles. The summed E-state index contributed by atoms with van der Waals surface area (Å²) in [5.41, 5.74) is 5.27. The Labute approximate surface area is 126 Å². The number of thiocarbonyl (C=S) groups is 1. The predicted molar refractivity (Wildman–Crippen MR) is 78.5 cm³/mol. The molecule has 0 bridgehead atoms.